The zero-order chi connectivity index (χ0) is 16.7. The number of aliphatic carboxylic acids is 1. The van der Waals surface area contributed by atoms with Crippen molar-refractivity contribution in [3.63, 3.8) is 0 Å². The molecule has 7 heteroatoms. The van der Waals surface area contributed by atoms with Crippen LogP contribution in [0.5, 0.6) is 11.5 Å². The standard InChI is InChI=1S/C17H19NO6/c19-16(18-3-4-22-15(9-18)17(20)21)12-8-11(12)10-1-2-13-14(7-10)24-6-5-23-13/h1-2,7,11-12,15H,3-6,8-9H2,(H,20,21)/t11-,12-,15+/m1/s1. The normalized spacial score (nSPS) is 28.3. The number of fused-ring (bicyclic) bond motifs is 1. The second-order valence-corrected chi connectivity index (χ2v) is 6.33. The lowest BCUT2D eigenvalue weighted by Crippen LogP contribution is -2.49. The minimum Gasteiger partial charge on any atom is -0.486 e. The number of nitrogens with zero attached hydrogens (tertiary/aromatic N) is 1. The first kappa shape index (κ1) is 15.3. The molecular weight excluding hydrogens is 314 g/mol. The molecule has 1 saturated heterocycles. The number of carboxylic acid groups (broad SMARTS) is 1. The van der Waals surface area contributed by atoms with Gasteiger partial charge in [-0.05, 0) is 30.0 Å². The van der Waals surface area contributed by atoms with Crippen molar-refractivity contribution in [1.29, 1.82) is 0 Å². The first-order chi connectivity index (χ1) is 11.6. The van der Waals surface area contributed by atoms with Gasteiger partial charge >= 0.3 is 5.97 Å². The molecule has 0 bridgehead atoms. The third kappa shape index (κ3) is 2.80. The van der Waals surface area contributed by atoms with Gasteiger partial charge in [-0.1, -0.05) is 6.07 Å². The van der Waals surface area contributed by atoms with Crippen LogP contribution in [0, 0.1) is 5.92 Å². The molecule has 0 radical (unpaired) electrons. The van der Waals surface area contributed by atoms with E-state index in [4.69, 9.17) is 19.3 Å². The molecule has 2 heterocycles. The average molecular weight is 333 g/mol. The van der Waals surface area contributed by atoms with Gasteiger partial charge in [0.25, 0.3) is 0 Å². The summed E-state index contributed by atoms with van der Waals surface area (Å²) in [5.74, 6) is 0.552. The Balaban J connectivity index is 1.42. The predicted octanol–water partition coefficient (Wildman–Crippen LogP) is 0.873. The van der Waals surface area contributed by atoms with Crippen molar-refractivity contribution in [2.45, 2.75) is 18.4 Å². The van der Waals surface area contributed by atoms with Crippen LogP contribution in [0.4, 0.5) is 0 Å². The Morgan fingerprint density at radius 3 is 2.71 bits per heavy atom. The monoisotopic (exact) mass is 333 g/mol. The molecule has 0 spiro atoms. The molecule has 24 heavy (non-hydrogen) atoms. The highest BCUT2D eigenvalue weighted by molar-refractivity contribution is 5.84. The Hall–Kier alpha value is -2.28. The summed E-state index contributed by atoms with van der Waals surface area (Å²) >= 11 is 0. The van der Waals surface area contributed by atoms with Crippen molar-refractivity contribution in [1.82, 2.24) is 4.90 Å². The van der Waals surface area contributed by atoms with E-state index >= 15 is 0 Å². The van der Waals surface area contributed by atoms with Crippen LogP contribution in [0.15, 0.2) is 18.2 Å². The summed E-state index contributed by atoms with van der Waals surface area (Å²) in [4.78, 5) is 25.3. The molecule has 0 aromatic heterocycles. The molecule has 1 amide bonds. The number of carbonyl (C=O) groups excluding carboxylic acids is 1. The van der Waals surface area contributed by atoms with Gasteiger partial charge in [-0.3, -0.25) is 4.79 Å². The fourth-order valence-electron chi connectivity index (χ4n) is 3.36. The Labute approximate surface area is 139 Å². The van der Waals surface area contributed by atoms with E-state index in [1.54, 1.807) is 4.90 Å². The van der Waals surface area contributed by atoms with Gasteiger partial charge in [-0.25, -0.2) is 4.79 Å². The summed E-state index contributed by atoms with van der Waals surface area (Å²) in [5, 5.41) is 9.05. The van der Waals surface area contributed by atoms with Gasteiger partial charge in [0.05, 0.1) is 13.2 Å². The average Bonchev–Trinajstić information content (AvgIpc) is 3.41. The maximum atomic E-state index is 12.6. The molecular formula is C17H19NO6. The molecule has 1 aliphatic carbocycles. The summed E-state index contributed by atoms with van der Waals surface area (Å²) in [5.41, 5.74) is 1.07. The fourth-order valence-corrected chi connectivity index (χ4v) is 3.36. The van der Waals surface area contributed by atoms with E-state index in [-0.39, 0.29) is 30.9 Å². The van der Waals surface area contributed by atoms with E-state index in [9.17, 15) is 9.59 Å². The van der Waals surface area contributed by atoms with E-state index in [0.717, 1.165) is 23.5 Å². The smallest absolute Gasteiger partial charge is 0.334 e. The largest absolute Gasteiger partial charge is 0.486 e. The summed E-state index contributed by atoms with van der Waals surface area (Å²) in [6.07, 6.45) is -0.137. The van der Waals surface area contributed by atoms with Crippen molar-refractivity contribution in [2.75, 3.05) is 32.9 Å². The van der Waals surface area contributed by atoms with E-state index in [1.807, 2.05) is 18.2 Å². The molecule has 2 aliphatic heterocycles. The quantitative estimate of drug-likeness (QED) is 0.884. The molecule has 1 saturated carbocycles. The van der Waals surface area contributed by atoms with Gasteiger partial charge in [-0.2, -0.15) is 0 Å². The zero-order valence-corrected chi connectivity index (χ0v) is 13.1. The van der Waals surface area contributed by atoms with Crippen LogP contribution >= 0.6 is 0 Å². The molecule has 7 nitrogen and oxygen atoms in total. The van der Waals surface area contributed by atoms with Crippen molar-refractivity contribution >= 4 is 11.9 Å². The minimum absolute atomic E-state index is 0.0180. The highest BCUT2D eigenvalue weighted by Gasteiger charge is 2.47. The Morgan fingerprint density at radius 2 is 1.92 bits per heavy atom. The lowest BCUT2D eigenvalue weighted by Gasteiger charge is -2.31. The van der Waals surface area contributed by atoms with Gasteiger partial charge in [0.2, 0.25) is 5.91 Å². The number of hydrogen-bond donors (Lipinski definition) is 1. The number of rotatable bonds is 3. The molecule has 2 fully saturated rings. The molecule has 4 rings (SSSR count). The summed E-state index contributed by atoms with van der Waals surface area (Å²) in [6.45, 7) is 1.93. The number of carbonyl (C=O) groups is 2. The number of amides is 1. The molecule has 3 atom stereocenters. The number of hydrogen-bond acceptors (Lipinski definition) is 5. The van der Waals surface area contributed by atoms with E-state index in [0.29, 0.717) is 19.8 Å². The summed E-state index contributed by atoms with van der Waals surface area (Å²) in [6, 6.07) is 5.81. The van der Waals surface area contributed by atoms with Gasteiger partial charge in [0, 0.05) is 12.5 Å². The topological polar surface area (TPSA) is 85.3 Å². The molecule has 1 N–H and O–H groups in total. The van der Waals surface area contributed by atoms with E-state index in [1.165, 1.54) is 0 Å². The van der Waals surface area contributed by atoms with Crippen LogP contribution in [-0.2, 0) is 14.3 Å². The SMILES string of the molecule is O=C(O)[C@@H]1CN(C(=O)[C@@H]2C[C@@H]2c2ccc3c(c2)OCCO3)CCO1. The van der Waals surface area contributed by atoms with E-state index < -0.39 is 12.1 Å². The van der Waals surface area contributed by atoms with Crippen molar-refractivity contribution < 1.29 is 28.9 Å². The highest BCUT2D eigenvalue weighted by Crippen LogP contribution is 2.50. The van der Waals surface area contributed by atoms with Crippen molar-refractivity contribution in [3.05, 3.63) is 23.8 Å². The second kappa shape index (κ2) is 5.98. The van der Waals surface area contributed by atoms with E-state index in [2.05, 4.69) is 0 Å². The van der Waals surface area contributed by atoms with Gasteiger partial charge in [-0.15, -0.1) is 0 Å². The van der Waals surface area contributed by atoms with Gasteiger partial charge < -0.3 is 24.2 Å². The molecule has 1 aromatic carbocycles. The third-order valence-electron chi connectivity index (χ3n) is 4.76. The number of ether oxygens (including phenoxy) is 3. The molecule has 1 aromatic rings. The highest BCUT2D eigenvalue weighted by atomic mass is 16.6. The maximum absolute atomic E-state index is 12.6. The number of carboxylic acids is 1. The van der Waals surface area contributed by atoms with Crippen molar-refractivity contribution in [3.8, 4) is 11.5 Å². The molecule has 3 aliphatic rings. The Bertz CT molecular complexity index is 675. The van der Waals surface area contributed by atoms with Gasteiger partial charge in [0.1, 0.15) is 13.2 Å². The fraction of sp³-hybridized carbons (Fsp3) is 0.529. The maximum Gasteiger partial charge on any atom is 0.334 e. The Kier molecular flexibility index (Phi) is 3.80. The first-order valence-corrected chi connectivity index (χ1v) is 8.16. The number of benzene rings is 1. The summed E-state index contributed by atoms with van der Waals surface area (Å²) < 4.78 is 16.3. The van der Waals surface area contributed by atoms with Crippen LogP contribution in [0.25, 0.3) is 0 Å². The van der Waals surface area contributed by atoms with Crippen LogP contribution in [0.1, 0.15) is 17.9 Å². The van der Waals surface area contributed by atoms with Crippen LogP contribution in [0.3, 0.4) is 0 Å². The van der Waals surface area contributed by atoms with Crippen LogP contribution < -0.4 is 9.47 Å². The molecule has 128 valence electrons. The predicted molar refractivity (Wildman–Crippen MR) is 82.2 cm³/mol. The van der Waals surface area contributed by atoms with Crippen molar-refractivity contribution in [2.24, 2.45) is 5.92 Å². The van der Waals surface area contributed by atoms with Crippen LogP contribution in [0.2, 0.25) is 0 Å². The Morgan fingerprint density at radius 1 is 1.12 bits per heavy atom. The lowest BCUT2D eigenvalue weighted by molar-refractivity contribution is -0.159. The second-order valence-electron chi connectivity index (χ2n) is 6.33. The lowest BCUT2D eigenvalue weighted by atomic mass is 10.1. The van der Waals surface area contributed by atoms with Gasteiger partial charge in [0.15, 0.2) is 17.6 Å². The van der Waals surface area contributed by atoms with Crippen LogP contribution in [-0.4, -0.2) is 60.9 Å². The minimum atomic E-state index is -1.02. The molecule has 0 unspecified atom stereocenters. The first-order valence-electron chi connectivity index (χ1n) is 8.16. The summed E-state index contributed by atoms with van der Waals surface area (Å²) in [7, 11) is 0. The third-order valence-corrected chi connectivity index (χ3v) is 4.76. The zero-order valence-electron chi connectivity index (χ0n) is 13.1. The number of morpholine rings is 1.